The van der Waals surface area contributed by atoms with Crippen molar-refractivity contribution in [1.29, 1.82) is 0 Å². The number of fused-ring (bicyclic) bond motifs is 1. The molecule has 2 rings (SSSR count). The topological polar surface area (TPSA) is 38.7 Å². The van der Waals surface area contributed by atoms with Gasteiger partial charge < -0.3 is 14.6 Å². The van der Waals surface area contributed by atoms with Crippen molar-refractivity contribution < 1.29 is 14.6 Å². The molecular formula is C29H44O3. The molecule has 1 N–H and O–H groups in total. The van der Waals surface area contributed by atoms with Gasteiger partial charge >= 0.3 is 0 Å². The highest BCUT2D eigenvalue weighted by Crippen LogP contribution is 2.40. The minimum atomic E-state index is -0.122. The second-order valence-electron chi connectivity index (χ2n) is 9.85. The normalized spacial score (nSPS) is 18.7. The van der Waals surface area contributed by atoms with Crippen molar-refractivity contribution in [3.8, 4) is 11.5 Å². The molecule has 0 amide bonds. The van der Waals surface area contributed by atoms with Gasteiger partial charge in [0.15, 0.2) is 0 Å². The summed E-state index contributed by atoms with van der Waals surface area (Å²) < 4.78 is 12.1. The van der Waals surface area contributed by atoms with E-state index in [-0.39, 0.29) is 12.2 Å². The first-order valence-corrected chi connectivity index (χ1v) is 12.2. The van der Waals surface area contributed by atoms with Crippen LogP contribution in [0.25, 0.3) is 0 Å². The van der Waals surface area contributed by atoms with E-state index in [1.54, 1.807) is 0 Å². The number of aliphatic hydroxyl groups is 1. The molecule has 0 unspecified atom stereocenters. The van der Waals surface area contributed by atoms with E-state index in [2.05, 4.69) is 65.8 Å². The molecule has 1 heterocycles. The average molecular weight is 441 g/mol. The summed E-state index contributed by atoms with van der Waals surface area (Å²) in [6.07, 6.45) is 15.8. The molecule has 1 aliphatic rings. The zero-order chi connectivity index (χ0) is 23.6. The third-order valence-corrected chi connectivity index (χ3v) is 6.25. The number of rotatable bonds is 12. The summed E-state index contributed by atoms with van der Waals surface area (Å²) in [4.78, 5) is 0. The van der Waals surface area contributed by atoms with Crippen LogP contribution in [-0.4, -0.2) is 23.9 Å². The fourth-order valence-electron chi connectivity index (χ4n) is 4.23. The lowest BCUT2D eigenvalue weighted by molar-refractivity contribution is 0.0561. The maximum atomic E-state index is 8.99. The first kappa shape index (κ1) is 26.3. The quantitative estimate of drug-likeness (QED) is 0.339. The van der Waals surface area contributed by atoms with E-state index in [1.807, 2.05) is 6.07 Å². The van der Waals surface area contributed by atoms with E-state index in [9.17, 15) is 0 Å². The van der Waals surface area contributed by atoms with Crippen LogP contribution in [0.15, 0.2) is 47.1 Å². The molecule has 0 saturated heterocycles. The molecule has 0 saturated carbocycles. The summed E-state index contributed by atoms with van der Waals surface area (Å²) in [6.45, 7) is 13.5. The second kappa shape index (κ2) is 12.9. The lowest BCUT2D eigenvalue weighted by Gasteiger charge is -2.37. The molecule has 1 atom stereocenters. The first-order chi connectivity index (χ1) is 15.2. The van der Waals surface area contributed by atoms with Gasteiger partial charge in [-0.05, 0) is 116 Å². The molecule has 0 radical (unpaired) electrons. The van der Waals surface area contributed by atoms with Crippen molar-refractivity contribution >= 4 is 0 Å². The molecule has 0 aromatic heterocycles. The first-order valence-electron chi connectivity index (χ1n) is 12.2. The minimum absolute atomic E-state index is 0.0316. The number of hydrogen-bond acceptors (Lipinski definition) is 3. The van der Waals surface area contributed by atoms with E-state index < -0.39 is 0 Å². The lowest BCUT2D eigenvalue weighted by Crippen LogP contribution is -2.36. The van der Waals surface area contributed by atoms with Crippen LogP contribution in [-0.2, 0) is 6.42 Å². The number of hydrogen-bond donors (Lipinski definition) is 1. The molecule has 0 aliphatic carbocycles. The van der Waals surface area contributed by atoms with Crippen molar-refractivity contribution in [3.63, 3.8) is 0 Å². The van der Waals surface area contributed by atoms with Crippen LogP contribution in [0.2, 0.25) is 0 Å². The molecule has 1 aliphatic heterocycles. The van der Waals surface area contributed by atoms with Crippen LogP contribution in [0.1, 0.15) is 90.7 Å². The van der Waals surface area contributed by atoms with Gasteiger partial charge in [-0.25, -0.2) is 0 Å². The molecule has 0 bridgehead atoms. The van der Waals surface area contributed by atoms with Gasteiger partial charge in [0, 0.05) is 0 Å². The maximum absolute atomic E-state index is 8.99. The number of aryl methyl sites for hydroxylation is 2. The van der Waals surface area contributed by atoms with Gasteiger partial charge in [0.2, 0.25) is 0 Å². The molecule has 32 heavy (non-hydrogen) atoms. The van der Waals surface area contributed by atoms with Gasteiger partial charge in [-0.15, -0.1) is 0 Å². The summed E-state index contributed by atoms with van der Waals surface area (Å²) >= 11 is 0. The van der Waals surface area contributed by atoms with Crippen LogP contribution < -0.4 is 9.47 Å². The Balaban J connectivity index is 1.82. The Morgan fingerprint density at radius 1 is 1.03 bits per heavy atom. The van der Waals surface area contributed by atoms with E-state index in [4.69, 9.17) is 14.6 Å². The molecular weight excluding hydrogens is 396 g/mol. The largest absolute Gasteiger partial charge is 0.491 e. The highest BCUT2D eigenvalue weighted by molar-refractivity contribution is 5.48. The van der Waals surface area contributed by atoms with Crippen LogP contribution in [0.3, 0.4) is 0 Å². The van der Waals surface area contributed by atoms with Crippen LogP contribution in [0.4, 0.5) is 0 Å². The molecule has 0 fully saturated rings. The Bertz CT molecular complexity index is 827. The average Bonchev–Trinajstić information content (AvgIpc) is 2.72. The third kappa shape index (κ3) is 8.86. The van der Waals surface area contributed by atoms with E-state index in [0.29, 0.717) is 6.61 Å². The summed E-state index contributed by atoms with van der Waals surface area (Å²) in [6, 6.07) is 4.08. The van der Waals surface area contributed by atoms with Crippen molar-refractivity contribution in [3.05, 3.63) is 58.2 Å². The van der Waals surface area contributed by atoms with Gasteiger partial charge in [-0.3, -0.25) is 0 Å². The van der Waals surface area contributed by atoms with Crippen molar-refractivity contribution in [1.82, 2.24) is 0 Å². The van der Waals surface area contributed by atoms with Crippen molar-refractivity contribution in [2.75, 3.05) is 13.2 Å². The smallest absolute Gasteiger partial charge is 0.126 e. The Morgan fingerprint density at radius 2 is 1.69 bits per heavy atom. The standard InChI is InChI=1S/C29H44O3/c1-22(2)10-7-11-23(3)12-8-13-24(4)14-9-16-29(6)17-15-26-21-27(31-19-18-30)20-25(5)28(26)32-29/h10,12,14,20-21,30H,7-9,11,13,15-19H2,1-6H3/b23-12+,24-14+/t29-/m0/s1. The fraction of sp³-hybridized carbons (Fsp3) is 0.586. The van der Waals surface area contributed by atoms with Crippen molar-refractivity contribution in [2.24, 2.45) is 0 Å². The van der Waals surface area contributed by atoms with E-state index in [0.717, 1.165) is 62.0 Å². The highest BCUT2D eigenvalue weighted by atomic mass is 16.5. The number of aliphatic hydroxyl groups excluding tert-OH is 1. The predicted molar refractivity (Wildman–Crippen MR) is 136 cm³/mol. The molecule has 3 heteroatoms. The molecule has 0 spiro atoms. The van der Waals surface area contributed by atoms with E-state index >= 15 is 0 Å². The zero-order valence-corrected chi connectivity index (χ0v) is 21.2. The Labute approximate surface area is 196 Å². The van der Waals surface area contributed by atoms with Crippen LogP contribution >= 0.6 is 0 Å². The van der Waals surface area contributed by atoms with Crippen LogP contribution in [0, 0.1) is 6.92 Å². The summed E-state index contributed by atoms with van der Waals surface area (Å²) in [7, 11) is 0. The molecule has 178 valence electrons. The lowest BCUT2D eigenvalue weighted by atomic mass is 9.87. The Hall–Kier alpha value is -2.00. The monoisotopic (exact) mass is 440 g/mol. The molecule has 1 aromatic carbocycles. The van der Waals surface area contributed by atoms with Gasteiger partial charge in [-0.2, -0.15) is 0 Å². The summed E-state index contributed by atoms with van der Waals surface area (Å²) in [5.41, 5.74) is 6.58. The second-order valence-corrected chi connectivity index (χ2v) is 9.85. The molecule has 3 nitrogen and oxygen atoms in total. The highest BCUT2D eigenvalue weighted by Gasteiger charge is 2.32. The SMILES string of the molecule is CC(C)=CCC/C(C)=C/CC/C(C)=C/CC[C@@]1(C)CCc2cc(OCCO)cc(C)c2O1. The minimum Gasteiger partial charge on any atom is -0.491 e. The van der Waals surface area contributed by atoms with Gasteiger partial charge in [0.05, 0.1) is 6.61 Å². The van der Waals surface area contributed by atoms with E-state index in [1.165, 1.54) is 28.7 Å². The van der Waals surface area contributed by atoms with Crippen LogP contribution in [0.5, 0.6) is 11.5 Å². The Kier molecular flexibility index (Phi) is 10.6. The fourth-order valence-corrected chi connectivity index (χ4v) is 4.23. The van der Waals surface area contributed by atoms with Gasteiger partial charge in [-0.1, -0.05) is 34.9 Å². The Morgan fingerprint density at radius 3 is 2.34 bits per heavy atom. The third-order valence-electron chi connectivity index (χ3n) is 6.25. The van der Waals surface area contributed by atoms with Gasteiger partial charge in [0.1, 0.15) is 23.7 Å². The number of allylic oxidation sites excluding steroid dienone is 6. The zero-order valence-electron chi connectivity index (χ0n) is 21.2. The summed E-state index contributed by atoms with van der Waals surface area (Å²) in [5.74, 6) is 1.84. The number of ether oxygens (including phenoxy) is 2. The molecule has 1 aromatic rings. The maximum Gasteiger partial charge on any atom is 0.126 e. The van der Waals surface area contributed by atoms with Crippen molar-refractivity contribution in [2.45, 2.75) is 98.5 Å². The number of benzene rings is 1. The predicted octanol–water partition coefficient (Wildman–Crippen LogP) is 7.65. The summed E-state index contributed by atoms with van der Waals surface area (Å²) in [5, 5.41) is 8.99. The van der Waals surface area contributed by atoms with Gasteiger partial charge in [0.25, 0.3) is 0 Å².